The lowest BCUT2D eigenvalue weighted by Crippen LogP contribution is -2.28. The van der Waals surface area contributed by atoms with Crippen LogP contribution in [0, 0.1) is 6.92 Å². The summed E-state index contributed by atoms with van der Waals surface area (Å²) in [5.41, 5.74) is 12.2. The second-order valence-electron chi connectivity index (χ2n) is 5.40. The summed E-state index contributed by atoms with van der Waals surface area (Å²) in [6.07, 6.45) is 2.39. The molecule has 0 fully saturated rings. The number of rotatable bonds is 2. The van der Waals surface area contributed by atoms with Gasteiger partial charge in [-0.15, -0.1) is 0 Å². The average Bonchev–Trinajstić information content (AvgIpc) is 2.39. The summed E-state index contributed by atoms with van der Waals surface area (Å²) in [7, 11) is 0. The first kappa shape index (κ1) is 12.1. The fourth-order valence-corrected chi connectivity index (χ4v) is 2.86. The van der Waals surface area contributed by atoms with Gasteiger partial charge in [0.25, 0.3) is 0 Å². The van der Waals surface area contributed by atoms with E-state index in [1.54, 1.807) is 0 Å². The largest absolute Gasteiger partial charge is 0.399 e. The maximum Gasteiger partial charge on any atom is 0.0429 e. The number of hydrogen-bond donors (Lipinski definition) is 1. The van der Waals surface area contributed by atoms with Crippen LogP contribution < -0.4 is 10.6 Å². The quantitative estimate of drug-likeness (QED) is 0.828. The predicted molar refractivity (Wildman–Crippen MR) is 81.4 cm³/mol. The van der Waals surface area contributed by atoms with Gasteiger partial charge < -0.3 is 10.6 Å². The lowest BCUT2D eigenvalue weighted by molar-refractivity contribution is 0.691. The Morgan fingerprint density at radius 1 is 1.16 bits per heavy atom. The molecule has 0 saturated heterocycles. The molecule has 0 unspecified atom stereocenters. The van der Waals surface area contributed by atoms with Crippen LogP contribution in [0.5, 0.6) is 0 Å². The summed E-state index contributed by atoms with van der Waals surface area (Å²) in [6.45, 7) is 4.23. The van der Waals surface area contributed by atoms with Crippen molar-refractivity contribution in [3.63, 3.8) is 0 Å². The Labute approximate surface area is 114 Å². The molecule has 1 aliphatic rings. The molecule has 3 rings (SSSR count). The number of nitrogen functional groups attached to an aromatic ring is 1. The third-order valence-corrected chi connectivity index (χ3v) is 3.78. The summed E-state index contributed by atoms with van der Waals surface area (Å²) in [5.74, 6) is 0. The molecule has 1 heterocycles. The second-order valence-corrected chi connectivity index (χ2v) is 5.40. The Kier molecular flexibility index (Phi) is 3.16. The molecule has 0 spiro atoms. The highest BCUT2D eigenvalue weighted by Crippen LogP contribution is 2.30. The topological polar surface area (TPSA) is 29.3 Å². The van der Waals surface area contributed by atoms with Gasteiger partial charge in [-0.1, -0.05) is 35.9 Å². The van der Waals surface area contributed by atoms with Crippen molar-refractivity contribution in [2.75, 3.05) is 17.2 Å². The van der Waals surface area contributed by atoms with Crippen molar-refractivity contribution < 1.29 is 0 Å². The Balaban J connectivity index is 1.89. The van der Waals surface area contributed by atoms with Gasteiger partial charge in [0.05, 0.1) is 0 Å². The van der Waals surface area contributed by atoms with Crippen LogP contribution in [0.2, 0.25) is 0 Å². The third kappa shape index (κ3) is 2.58. The van der Waals surface area contributed by atoms with Gasteiger partial charge in [0.1, 0.15) is 0 Å². The van der Waals surface area contributed by atoms with Gasteiger partial charge in [-0.05, 0) is 43.0 Å². The van der Waals surface area contributed by atoms with E-state index in [1.807, 2.05) is 6.07 Å². The third-order valence-electron chi connectivity index (χ3n) is 3.78. The molecule has 0 amide bonds. The fourth-order valence-electron chi connectivity index (χ4n) is 2.86. The van der Waals surface area contributed by atoms with Gasteiger partial charge in [0, 0.05) is 24.5 Å². The summed E-state index contributed by atoms with van der Waals surface area (Å²) >= 11 is 0. The van der Waals surface area contributed by atoms with E-state index >= 15 is 0 Å². The van der Waals surface area contributed by atoms with Gasteiger partial charge in [0.2, 0.25) is 0 Å². The molecule has 2 aromatic rings. The maximum absolute atomic E-state index is 5.93. The molecule has 1 aliphatic heterocycles. The van der Waals surface area contributed by atoms with E-state index in [-0.39, 0.29) is 0 Å². The van der Waals surface area contributed by atoms with Crippen LogP contribution in [0.25, 0.3) is 0 Å². The Bertz CT molecular complexity index is 590. The smallest absolute Gasteiger partial charge is 0.0429 e. The number of nitrogens with zero attached hydrogens (tertiary/aromatic N) is 1. The van der Waals surface area contributed by atoms with Gasteiger partial charge in [-0.2, -0.15) is 0 Å². The molecule has 2 N–H and O–H groups in total. The zero-order valence-corrected chi connectivity index (χ0v) is 11.4. The molecule has 98 valence electrons. The highest BCUT2D eigenvalue weighted by Gasteiger charge is 2.17. The molecule has 0 bridgehead atoms. The molecule has 2 nitrogen and oxygen atoms in total. The van der Waals surface area contributed by atoms with E-state index in [0.29, 0.717) is 0 Å². The molecule has 0 radical (unpaired) electrons. The molecule has 0 aromatic heterocycles. The number of anilines is 2. The van der Waals surface area contributed by atoms with Crippen LogP contribution >= 0.6 is 0 Å². The van der Waals surface area contributed by atoms with Crippen molar-refractivity contribution in [3.8, 4) is 0 Å². The van der Waals surface area contributed by atoms with Crippen LogP contribution in [0.3, 0.4) is 0 Å². The molecule has 0 atom stereocenters. The van der Waals surface area contributed by atoms with Crippen molar-refractivity contribution in [2.24, 2.45) is 0 Å². The lowest BCUT2D eigenvalue weighted by Gasteiger charge is -2.31. The zero-order valence-electron chi connectivity index (χ0n) is 11.4. The molecular formula is C17H20N2. The summed E-state index contributed by atoms with van der Waals surface area (Å²) in [4.78, 5) is 2.45. The number of benzene rings is 2. The molecule has 0 aliphatic carbocycles. The van der Waals surface area contributed by atoms with Gasteiger partial charge in [-0.3, -0.25) is 0 Å². The van der Waals surface area contributed by atoms with Crippen molar-refractivity contribution >= 4 is 11.4 Å². The van der Waals surface area contributed by atoms with Crippen LogP contribution in [0.4, 0.5) is 11.4 Å². The maximum atomic E-state index is 5.93. The number of hydrogen-bond acceptors (Lipinski definition) is 2. The van der Waals surface area contributed by atoms with Crippen LogP contribution in [0.1, 0.15) is 23.1 Å². The van der Waals surface area contributed by atoms with Crippen molar-refractivity contribution in [1.82, 2.24) is 0 Å². The standard InChI is InChI=1S/C17H20N2/c1-13-4-2-5-14(10-13)12-19-9-3-6-15-7-8-16(18)11-17(15)19/h2,4-5,7-8,10-11H,3,6,9,12,18H2,1H3. The molecule has 2 heteroatoms. The summed E-state index contributed by atoms with van der Waals surface area (Å²) in [5, 5.41) is 0. The molecule has 19 heavy (non-hydrogen) atoms. The Hall–Kier alpha value is -1.96. The second kappa shape index (κ2) is 4.96. The van der Waals surface area contributed by atoms with E-state index < -0.39 is 0 Å². The van der Waals surface area contributed by atoms with Gasteiger partial charge in [-0.25, -0.2) is 0 Å². The first-order chi connectivity index (χ1) is 9.22. The molecule has 2 aromatic carbocycles. The zero-order chi connectivity index (χ0) is 13.2. The van der Waals surface area contributed by atoms with E-state index in [1.165, 1.54) is 35.2 Å². The highest BCUT2D eigenvalue weighted by atomic mass is 15.1. The minimum atomic E-state index is 0.856. The van der Waals surface area contributed by atoms with E-state index in [4.69, 9.17) is 5.73 Å². The van der Waals surface area contributed by atoms with Crippen LogP contribution in [0.15, 0.2) is 42.5 Å². The van der Waals surface area contributed by atoms with Gasteiger partial charge >= 0.3 is 0 Å². The predicted octanol–water partition coefficient (Wildman–Crippen LogP) is 3.53. The van der Waals surface area contributed by atoms with E-state index in [9.17, 15) is 0 Å². The Morgan fingerprint density at radius 3 is 2.89 bits per heavy atom. The average molecular weight is 252 g/mol. The number of aryl methyl sites for hydroxylation is 2. The highest BCUT2D eigenvalue weighted by molar-refractivity contribution is 5.62. The molecular weight excluding hydrogens is 232 g/mol. The van der Waals surface area contributed by atoms with Crippen molar-refractivity contribution in [3.05, 3.63) is 59.2 Å². The summed E-state index contributed by atoms with van der Waals surface area (Å²) < 4.78 is 0. The fraction of sp³-hybridized carbons (Fsp3) is 0.294. The lowest BCUT2D eigenvalue weighted by atomic mass is 10.0. The Morgan fingerprint density at radius 2 is 2.05 bits per heavy atom. The minimum absolute atomic E-state index is 0.856. The monoisotopic (exact) mass is 252 g/mol. The summed E-state index contributed by atoms with van der Waals surface area (Å²) in [6, 6.07) is 15.0. The van der Waals surface area contributed by atoms with Crippen molar-refractivity contribution in [1.29, 1.82) is 0 Å². The minimum Gasteiger partial charge on any atom is -0.399 e. The number of fused-ring (bicyclic) bond motifs is 1. The van der Waals surface area contributed by atoms with E-state index in [0.717, 1.165) is 18.8 Å². The molecule has 0 saturated carbocycles. The SMILES string of the molecule is Cc1cccc(CN2CCCc3ccc(N)cc32)c1. The first-order valence-electron chi connectivity index (χ1n) is 6.91. The normalized spacial score (nSPS) is 14.3. The van der Waals surface area contributed by atoms with Crippen LogP contribution in [-0.4, -0.2) is 6.54 Å². The first-order valence-corrected chi connectivity index (χ1v) is 6.91. The van der Waals surface area contributed by atoms with Gasteiger partial charge in [0.15, 0.2) is 0 Å². The van der Waals surface area contributed by atoms with Crippen LogP contribution in [-0.2, 0) is 13.0 Å². The number of nitrogens with two attached hydrogens (primary N) is 1. The van der Waals surface area contributed by atoms with Crippen molar-refractivity contribution in [2.45, 2.75) is 26.3 Å². The van der Waals surface area contributed by atoms with E-state index in [2.05, 4.69) is 48.2 Å².